The van der Waals surface area contributed by atoms with Crippen LogP contribution in [0, 0.1) is 0 Å². The van der Waals surface area contributed by atoms with Gasteiger partial charge in [0.2, 0.25) is 0 Å². The molecule has 0 radical (unpaired) electrons. The molecule has 4 nitrogen and oxygen atoms in total. The van der Waals surface area contributed by atoms with Gasteiger partial charge in [-0.15, -0.1) is 0 Å². The van der Waals surface area contributed by atoms with Gasteiger partial charge in [-0.3, -0.25) is 0 Å². The molecule has 0 saturated heterocycles. The fourth-order valence-electron chi connectivity index (χ4n) is 1.70. The van der Waals surface area contributed by atoms with E-state index in [1.54, 1.807) is 31.2 Å². The van der Waals surface area contributed by atoms with Gasteiger partial charge in [0, 0.05) is 11.8 Å². The Balaban J connectivity index is 2.51. The van der Waals surface area contributed by atoms with Gasteiger partial charge in [0.05, 0.1) is 11.6 Å². The van der Waals surface area contributed by atoms with Gasteiger partial charge in [-0.2, -0.15) is 0 Å². The predicted molar refractivity (Wildman–Crippen MR) is 73.4 cm³/mol. The van der Waals surface area contributed by atoms with Crippen LogP contribution < -0.4 is 0 Å². The highest BCUT2D eigenvalue weighted by atomic mass is 35.5. The Morgan fingerprint density at radius 3 is 2.71 bits per heavy atom. The lowest BCUT2D eigenvalue weighted by Gasteiger charge is -2.09. The molecule has 21 heavy (non-hydrogen) atoms. The summed E-state index contributed by atoms with van der Waals surface area (Å²) in [5, 5.41) is 0.335. The number of hydrogen-bond donors (Lipinski definition) is 0. The maximum Gasteiger partial charge on any atom is 0.341 e. The molecule has 0 unspecified atom stereocenters. The van der Waals surface area contributed by atoms with Crippen LogP contribution in [-0.2, 0) is 4.74 Å². The van der Waals surface area contributed by atoms with Crippen molar-refractivity contribution >= 4 is 17.6 Å². The average molecular weight is 313 g/mol. The molecule has 110 valence electrons. The van der Waals surface area contributed by atoms with Gasteiger partial charge in [0.1, 0.15) is 11.3 Å². The van der Waals surface area contributed by atoms with Crippen molar-refractivity contribution in [3.63, 3.8) is 0 Å². The third-order valence-electron chi connectivity index (χ3n) is 2.64. The summed E-state index contributed by atoms with van der Waals surface area (Å²) in [6.45, 7) is 1.66. The summed E-state index contributed by atoms with van der Waals surface area (Å²) >= 11 is 5.98. The van der Waals surface area contributed by atoms with Crippen LogP contribution in [0.25, 0.3) is 11.4 Å². The lowest BCUT2D eigenvalue weighted by Crippen LogP contribution is -2.11. The highest BCUT2D eigenvalue weighted by Crippen LogP contribution is 2.28. The molecule has 0 saturated carbocycles. The van der Waals surface area contributed by atoms with Gasteiger partial charge >= 0.3 is 5.97 Å². The molecule has 7 heteroatoms. The maximum absolute atomic E-state index is 13.1. The van der Waals surface area contributed by atoms with Gasteiger partial charge < -0.3 is 4.74 Å². The summed E-state index contributed by atoms with van der Waals surface area (Å²) in [5.41, 5.74) is -0.600. The van der Waals surface area contributed by atoms with E-state index in [2.05, 4.69) is 9.97 Å². The Hall–Kier alpha value is -2.08. The van der Waals surface area contributed by atoms with Crippen LogP contribution in [0.4, 0.5) is 8.78 Å². The van der Waals surface area contributed by atoms with Crippen molar-refractivity contribution in [3.05, 3.63) is 46.7 Å². The first-order valence-electron chi connectivity index (χ1n) is 6.11. The summed E-state index contributed by atoms with van der Waals surface area (Å²) < 4.78 is 30.9. The first-order valence-corrected chi connectivity index (χ1v) is 6.49. The van der Waals surface area contributed by atoms with E-state index in [1.807, 2.05) is 0 Å². The Kier molecular flexibility index (Phi) is 4.80. The van der Waals surface area contributed by atoms with Gasteiger partial charge in [-0.05, 0) is 19.1 Å². The van der Waals surface area contributed by atoms with Crippen LogP contribution in [0.1, 0.15) is 29.4 Å². The van der Waals surface area contributed by atoms with E-state index in [0.29, 0.717) is 10.6 Å². The summed E-state index contributed by atoms with van der Waals surface area (Å²) in [6.07, 6.45) is -1.89. The number of hydrogen-bond acceptors (Lipinski definition) is 4. The second kappa shape index (κ2) is 6.58. The molecule has 0 bridgehead atoms. The van der Waals surface area contributed by atoms with Crippen LogP contribution in [0.5, 0.6) is 0 Å². The van der Waals surface area contributed by atoms with E-state index >= 15 is 0 Å². The van der Waals surface area contributed by atoms with E-state index in [1.165, 1.54) is 0 Å². The largest absolute Gasteiger partial charge is 0.462 e. The highest BCUT2D eigenvalue weighted by molar-refractivity contribution is 6.33. The van der Waals surface area contributed by atoms with Crippen molar-refractivity contribution in [3.8, 4) is 11.4 Å². The van der Waals surface area contributed by atoms with Gasteiger partial charge in [-0.25, -0.2) is 23.5 Å². The van der Waals surface area contributed by atoms with E-state index in [0.717, 1.165) is 6.20 Å². The number of esters is 1. The fourth-order valence-corrected chi connectivity index (χ4v) is 1.92. The maximum atomic E-state index is 13.1. The molecule has 0 aliphatic carbocycles. The van der Waals surface area contributed by atoms with Gasteiger partial charge in [-0.1, -0.05) is 23.7 Å². The molecule has 1 heterocycles. The smallest absolute Gasteiger partial charge is 0.341 e. The van der Waals surface area contributed by atoms with E-state index in [9.17, 15) is 13.6 Å². The molecule has 1 aromatic carbocycles. The molecule has 0 aliphatic rings. The quantitative estimate of drug-likeness (QED) is 0.803. The molecule has 0 fully saturated rings. The number of benzene rings is 1. The standard InChI is InChI=1S/C14H11ClF2N2O2/c1-2-21-14(20)9-7-18-13(19-11(9)12(16)17)8-5-3-4-6-10(8)15/h3-7,12H,2H2,1H3. The van der Waals surface area contributed by atoms with Crippen molar-refractivity contribution < 1.29 is 18.3 Å². The SMILES string of the molecule is CCOC(=O)c1cnc(-c2ccccc2Cl)nc1C(F)F. The van der Waals surface area contributed by atoms with Gasteiger partial charge in [0.25, 0.3) is 6.43 Å². The summed E-state index contributed by atoms with van der Waals surface area (Å²) in [6, 6.07) is 6.59. The first kappa shape index (κ1) is 15.3. The Bertz CT molecular complexity index is 665. The van der Waals surface area contributed by atoms with Crippen molar-refractivity contribution in [1.82, 2.24) is 9.97 Å². The number of carbonyl (C=O) groups excluding carboxylic acids is 1. The summed E-state index contributed by atoms with van der Waals surface area (Å²) in [5.74, 6) is -0.845. The molecule has 1 aromatic heterocycles. The van der Waals surface area contributed by atoms with E-state index in [-0.39, 0.29) is 18.0 Å². The van der Waals surface area contributed by atoms with Crippen molar-refractivity contribution in [2.24, 2.45) is 0 Å². The molecule has 0 aliphatic heterocycles. The average Bonchev–Trinajstić information content (AvgIpc) is 2.47. The van der Waals surface area contributed by atoms with Crippen LogP contribution in [0.3, 0.4) is 0 Å². The summed E-state index contributed by atoms with van der Waals surface area (Å²) in [4.78, 5) is 19.3. The Morgan fingerprint density at radius 1 is 1.38 bits per heavy atom. The molecule has 0 spiro atoms. The molecule has 0 N–H and O–H groups in total. The van der Waals surface area contributed by atoms with Crippen LogP contribution in [-0.4, -0.2) is 22.5 Å². The topological polar surface area (TPSA) is 52.1 Å². The third-order valence-corrected chi connectivity index (χ3v) is 2.96. The minimum Gasteiger partial charge on any atom is -0.462 e. The second-order valence-corrected chi connectivity index (χ2v) is 4.40. The molecule has 2 rings (SSSR count). The molecule has 2 aromatic rings. The Labute approximate surface area is 124 Å². The number of rotatable bonds is 4. The number of ether oxygens (including phenoxy) is 1. The minimum atomic E-state index is -2.92. The number of aromatic nitrogens is 2. The molecule has 0 amide bonds. The lowest BCUT2D eigenvalue weighted by molar-refractivity contribution is 0.0513. The van der Waals surface area contributed by atoms with E-state index in [4.69, 9.17) is 16.3 Å². The number of alkyl halides is 2. The van der Waals surface area contributed by atoms with Crippen molar-refractivity contribution in [1.29, 1.82) is 0 Å². The lowest BCUT2D eigenvalue weighted by atomic mass is 10.2. The predicted octanol–water partition coefficient (Wildman–Crippen LogP) is 3.91. The van der Waals surface area contributed by atoms with Crippen LogP contribution >= 0.6 is 11.6 Å². The Morgan fingerprint density at radius 2 is 2.10 bits per heavy atom. The van der Waals surface area contributed by atoms with Crippen molar-refractivity contribution in [2.45, 2.75) is 13.3 Å². The normalized spacial score (nSPS) is 10.7. The number of nitrogens with zero attached hydrogens (tertiary/aromatic N) is 2. The summed E-state index contributed by atoms with van der Waals surface area (Å²) in [7, 11) is 0. The van der Waals surface area contributed by atoms with Crippen LogP contribution in [0.2, 0.25) is 5.02 Å². The zero-order chi connectivity index (χ0) is 15.4. The first-order chi connectivity index (χ1) is 10.0. The number of carbonyl (C=O) groups is 1. The van der Waals surface area contributed by atoms with Gasteiger partial charge in [0.15, 0.2) is 5.82 Å². The monoisotopic (exact) mass is 312 g/mol. The fraction of sp³-hybridized carbons (Fsp3) is 0.214. The highest BCUT2D eigenvalue weighted by Gasteiger charge is 2.23. The molecular formula is C14H11ClF2N2O2. The minimum absolute atomic E-state index is 0.0314. The third kappa shape index (κ3) is 3.33. The zero-order valence-electron chi connectivity index (χ0n) is 11.0. The molecule has 0 atom stereocenters. The molecular weight excluding hydrogens is 302 g/mol. The number of halogens is 3. The zero-order valence-corrected chi connectivity index (χ0v) is 11.8. The van der Waals surface area contributed by atoms with E-state index < -0.39 is 18.1 Å². The van der Waals surface area contributed by atoms with Crippen LogP contribution in [0.15, 0.2) is 30.5 Å². The second-order valence-electron chi connectivity index (χ2n) is 3.99. The van der Waals surface area contributed by atoms with Crippen molar-refractivity contribution in [2.75, 3.05) is 6.61 Å².